The Morgan fingerprint density at radius 3 is 2.69 bits per heavy atom. The number of benzene rings is 1. The van der Waals surface area contributed by atoms with Crippen LogP contribution >= 0.6 is 24.0 Å². The van der Waals surface area contributed by atoms with Crippen molar-refractivity contribution in [1.82, 2.24) is 15.1 Å². The molecule has 7 nitrogen and oxygen atoms in total. The van der Waals surface area contributed by atoms with E-state index in [1.54, 1.807) is 7.11 Å². The highest BCUT2D eigenvalue weighted by molar-refractivity contribution is 14.0. The molecule has 8 heteroatoms. The molecule has 0 bridgehead atoms. The first kappa shape index (κ1) is 22.1. The second-order valence-corrected chi connectivity index (χ2v) is 5.47. The second-order valence-electron chi connectivity index (χ2n) is 5.47. The van der Waals surface area contributed by atoms with E-state index in [9.17, 15) is 0 Å². The molecular weight excluding hydrogens is 445 g/mol. The van der Waals surface area contributed by atoms with E-state index in [4.69, 9.17) is 9.47 Å². The molecule has 0 atom stereocenters. The van der Waals surface area contributed by atoms with E-state index in [0.717, 1.165) is 36.0 Å². The highest BCUT2D eigenvalue weighted by Gasteiger charge is 2.07. The summed E-state index contributed by atoms with van der Waals surface area (Å²) >= 11 is 0. The number of hydrogen-bond acceptors (Lipinski definition) is 4. The zero-order chi connectivity index (χ0) is 18.1. The van der Waals surface area contributed by atoms with Gasteiger partial charge in [0.1, 0.15) is 0 Å². The van der Waals surface area contributed by atoms with Crippen LogP contribution in [0, 0.1) is 6.92 Å². The molecule has 2 rings (SSSR count). The third-order valence-corrected chi connectivity index (χ3v) is 3.43. The van der Waals surface area contributed by atoms with Crippen LogP contribution in [0.4, 0.5) is 5.69 Å². The molecule has 0 fully saturated rings. The first-order chi connectivity index (χ1) is 12.2. The second kappa shape index (κ2) is 11.6. The van der Waals surface area contributed by atoms with Crippen LogP contribution in [0.25, 0.3) is 0 Å². The molecule has 0 amide bonds. The van der Waals surface area contributed by atoms with Crippen LogP contribution in [0.1, 0.15) is 19.4 Å². The topological polar surface area (TPSA) is 72.7 Å². The van der Waals surface area contributed by atoms with Gasteiger partial charge in [-0.05, 0) is 38.5 Å². The molecule has 0 saturated heterocycles. The predicted octanol–water partition coefficient (Wildman–Crippen LogP) is 3.29. The van der Waals surface area contributed by atoms with Crippen molar-refractivity contribution in [1.29, 1.82) is 0 Å². The number of hydrogen-bond donors (Lipinski definition) is 2. The molecule has 0 spiro atoms. The fourth-order valence-corrected chi connectivity index (χ4v) is 2.32. The van der Waals surface area contributed by atoms with Gasteiger partial charge in [-0.25, -0.2) is 0 Å². The molecule has 0 radical (unpaired) electrons. The SMILES string of the molecule is CCNC(=NCCn1cc(C)cn1)Nc1ccc(OCC)c(OC)c1.I. The number of ether oxygens (including phenoxy) is 2. The van der Waals surface area contributed by atoms with Crippen molar-refractivity contribution in [3.63, 3.8) is 0 Å². The van der Waals surface area contributed by atoms with Crippen LogP contribution in [0.2, 0.25) is 0 Å². The summed E-state index contributed by atoms with van der Waals surface area (Å²) in [5.74, 6) is 2.14. The summed E-state index contributed by atoms with van der Waals surface area (Å²) in [5.41, 5.74) is 2.03. The lowest BCUT2D eigenvalue weighted by Crippen LogP contribution is -2.31. The standard InChI is InChI=1S/C18H27N5O2.HI/c1-5-19-18(20-9-10-23-13-14(3)12-21-23)22-15-7-8-16(25-6-2)17(11-15)24-4;/h7-8,11-13H,5-6,9-10H2,1-4H3,(H2,19,20,22);1H. The minimum Gasteiger partial charge on any atom is -0.493 e. The van der Waals surface area contributed by atoms with E-state index in [1.165, 1.54) is 0 Å². The average Bonchev–Trinajstić information content (AvgIpc) is 3.02. The van der Waals surface area contributed by atoms with Gasteiger partial charge >= 0.3 is 0 Å². The van der Waals surface area contributed by atoms with Gasteiger partial charge in [0.25, 0.3) is 0 Å². The Morgan fingerprint density at radius 2 is 2.08 bits per heavy atom. The zero-order valence-electron chi connectivity index (χ0n) is 15.8. The molecule has 0 aliphatic rings. The Kier molecular flexibility index (Phi) is 9.85. The van der Waals surface area contributed by atoms with Gasteiger partial charge in [0, 0.05) is 24.5 Å². The highest BCUT2D eigenvalue weighted by atomic mass is 127. The van der Waals surface area contributed by atoms with E-state index in [-0.39, 0.29) is 24.0 Å². The maximum atomic E-state index is 5.54. The molecule has 2 aromatic rings. The van der Waals surface area contributed by atoms with Crippen molar-refractivity contribution in [2.45, 2.75) is 27.3 Å². The number of halogens is 1. The number of aliphatic imine (C=N–C) groups is 1. The maximum absolute atomic E-state index is 5.54. The first-order valence-corrected chi connectivity index (χ1v) is 8.51. The van der Waals surface area contributed by atoms with Gasteiger partial charge < -0.3 is 20.1 Å². The first-order valence-electron chi connectivity index (χ1n) is 8.51. The number of aryl methyl sites for hydroxylation is 1. The van der Waals surface area contributed by atoms with E-state index in [2.05, 4.69) is 20.7 Å². The van der Waals surface area contributed by atoms with Crippen molar-refractivity contribution in [2.75, 3.05) is 32.1 Å². The molecule has 2 N–H and O–H groups in total. The van der Waals surface area contributed by atoms with E-state index < -0.39 is 0 Å². The lowest BCUT2D eigenvalue weighted by Gasteiger charge is -2.14. The summed E-state index contributed by atoms with van der Waals surface area (Å²) in [4.78, 5) is 4.59. The monoisotopic (exact) mass is 473 g/mol. The number of methoxy groups -OCH3 is 1. The van der Waals surface area contributed by atoms with Gasteiger partial charge in [0.2, 0.25) is 0 Å². The van der Waals surface area contributed by atoms with Gasteiger partial charge in [0.15, 0.2) is 17.5 Å². The summed E-state index contributed by atoms with van der Waals surface area (Å²) in [7, 11) is 1.63. The van der Waals surface area contributed by atoms with Crippen LogP contribution < -0.4 is 20.1 Å². The van der Waals surface area contributed by atoms with Gasteiger partial charge in [-0.3, -0.25) is 9.67 Å². The number of rotatable bonds is 8. The van der Waals surface area contributed by atoms with Crippen molar-refractivity contribution < 1.29 is 9.47 Å². The minimum atomic E-state index is 0. The van der Waals surface area contributed by atoms with E-state index in [1.807, 2.05) is 56.0 Å². The summed E-state index contributed by atoms with van der Waals surface area (Å²) in [6, 6.07) is 5.73. The number of guanidine groups is 1. The van der Waals surface area contributed by atoms with Crippen molar-refractivity contribution >= 4 is 35.6 Å². The molecule has 1 aromatic carbocycles. The lowest BCUT2D eigenvalue weighted by molar-refractivity contribution is 0.311. The molecule has 26 heavy (non-hydrogen) atoms. The maximum Gasteiger partial charge on any atom is 0.195 e. The van der Waals surface area contributed by atoms with Crippen LogP contribution in [-0.4, -0.2) is 42.5 Å². The number of anilines is 1. The number of aromatic nitrogens is 2. The summed E-state index contributed by atoms with van der Waals surface area (Å²) in [6.07, 6.45) is 3.85. The molecule has 144 valence electrons. The van der Waals surface area contributed by atoms with Gasteiger partial charge in [-0.1, -0.05) is 0 Å². The van der Waals surface area contributed by atoms with Crippen molar-refractivity contribution in [3.05, 3.63) is 36.2 Å². The Balaban J connectivity index is 0.00000338. The van der Waals surface area contributed by atoms with Crippen LogP contribution in [0.5, 0.6) is 11.5 Å². The number of nitrogens with one attached hydrogen (secondary N) is 2. The Labute approximate surface area is 172 Å². The zero-order valence-corrected chi connectivity index (χ0v) is 18.1. The van der Waals surface area contributed by atoms with E-state index in [0.29, 0.717) is 18.9 Å². The van der Waals surface area contributed by atoms with E-state index >= 15 is 0 Å². The molecule has 0 unspecified atom stereocenters. The van der Waals surface area contributed by atoms with Crippen molar-refractivity contribution in [2.24, 2.45) is 4.99 Å². The molecule has 0 aliphatic carbocycles. The molecule has 1 aromatic heterocycles. The Morgan fingerprint density at radius 1 is 1.27 bits per heavy atom. The molecular formula is C18H28IN5O2. The largest absolute Gasteiger partial charge is 0.493 e. The Bertz CT molecular complexity index is 703. The van der Waals surface area contributed by atoms with Crippen LogP contribution in [0.15, 0.2) is 35.6 Å². The summed E-state index contributed by atoms with van der Waals surface area (Å²) in [5, 5.41) is 10.8. The minimum absolute atomic E-state index is 0. The molecule has 0 aliphatic heterocycles. The smallest absolute Gasteiger partial charge is 0.195 e. The molecule has 1 heterocycles. The quantitative estimate of drug-likeness (QED) is 0.350. The van der Waals surface area contributed by atoms with Crippen molar-refractivity contribution in [3.8, 4) is 11.5 Å². The number of nitrogens with zero attached hydrogens (tertiary/aromatic N) is 3. The fraction of sp³-hybridized carbons (Fsp3) is 0.444. The van der Waals surface area contributed by atoms with Gasteiger partial charge in [-0.2, -0.15) is 5.10 Å². The third-order valence-electron chi connectivity index (χ3n) is 3.43. The molecule has 0 saturated carbocycles. The normalized spacial score (nSPS) is 10.8. The van der Waals surface area contributed by atoms with Gasteiger partial charge in [-0.15, -0.1) is 24.0 Å². The summed E-state index contributed by atoms with van der Waals surface area (Å²) < 4.78 is 12.8. The average molecular weight is 473 g/mol. The predicted molar refractivity (Wildman–Crippen MR) is 116 cm³/mol. The Hall–Kier alpha value is -1.97. The lowest BCUT2D eigenvalue weighted by atomic mass is 10.2. The van der Waals surface area contributed by atoms with Crippen LogP contribution in [-0.2, 0) is 6.54 Å². The van der Waals surface area contributed by atoms with Crippen LogP contribution in [0.3, 0.4) is 0 Å². The summed E-state index contributed by atoms with van der Waals surface area (Å²) in [6.45, 7) is 8.75. The third kappa shape index (κ3) is 6.74. The highest BCUT2D eigenvalue weighted by Crippen LogP contribution is 2.30. The van der Waals surface area contributed by atoms with Gasteiger partial charge in [0.05, 0.1) is 33.0 Å². The fourth-order valence-electron chi connectivity index (χ4n) is 2.32.